The van der Waals surface area contributed by atoms with E-state index in [0.717, 1.165) is 0 Å². The van der Waals surface area contributed by atoms with E-state index in [4.69, 9.17) is 23.2 Å². The lowest BCUT2D eigenvalue weighted by molar-refractivity contribution is -0.122. The SMILES string of the molecule is O=C(Nc1ccc(F)cc1)C1CC(=O)N(c2ccc(Cl)c(Cl)c2)C1. The Bertz CT molecular complexity index is 796. The van der Waals surface area contributed by atoms with Crippen LogP contribution in [0.15, 0.2) is 42.5 Å². The van der Waals surface area contributed by atoms with Gasteiger partial charge in [0.15, 0.2) is 0 Å². The Balaban J connectivity index is 1.70. The van der Waals surface area contributed by atoms with Crippen molar-refractivity contribution in [3.8, 4) is 0 Å². The van der Waals surface area contributed by atoms with Gasteiger partial charge < -0.3 is 10.2 Å². The highest BCUT2D eigenvalue weighted by molar-refractivity contribution is 6.42. The van der Waals surface area contributed by atoms with Crippen LogP contribution in [0.1, 0.15) is 6.42 Å². The molecule has 2 amide bonds. The van der Waals surface area contributed by atoms with Crippen molar-refractivity contribution in [1.29, 1.82) is 0 Å². The number of rotatable bonds is 3. The summed E-state index contributed by atoms with van der Waals surface area (Å²) in [5, 5.41) is 3.44. The number of hydrogen-bond donors (Lipinski definition) is 1. The van der Waals surface area contributed by atoms with Gasteiger partial charge in [-0.2, -0.15) is 0 Å². The molecule has 0 saturated carbocycles. The fourth-order valence-corrected chi connectivity index (χ4v) is 2.86. The van der Waals surface area contributed by atoms with Crippen LogP contribution in [-0.2, 0) is 9.59 Å². The Kier molecular flexibility index (Phi) is 4.73. The topological polar surface area (TPSA) is 49.4 Å². The van der Waals surface area contributed by atoms with Crippen molar-refractivity contribution in [1.82, 2.24) is 0 Å². The molecule has 0 spiro atoms. The number of carbonyl (C=O) groups excluding carboxylic acids is 2. The first kappa shape index (κ1) is 16.7. The van der Waals surface area contributed by atoms with Gasteiger partial charge in [0.25, 0.3) is 0 Å². The molecule has 24 heavy (non-hydrogen) atoms. The van der Waals surface area contributed by atoms with Gasteiger partial charge in [-0.25, -0.2) is 4.39 Å². The third-order valence-electron chi connectivity index (χ3n) is 3.82. The van der Waals surface area contributed by atoms with Gasteiger partial charge in [0.05, 0.1) is 16.0 Å². The number of hydrogen-bond acceptors (Lipinski definition) is 2. The molecule has 1 aliphatic heterocycles. The maximum Gasteiger partial charge on any atom is 0.229 e. The Morgan fingerprint density at radius 1 is 1.12 bits per heavy atom. The fraction of sp³-hybridized carbons (Fsp3) is 0.176. The maximum atomic E-state index is 12.9. The van der Waals surface area contributed by atoms with Crippen LogP contribution in [0.4, 0.5) is 15.8 Å². The van der Waals surface area contributed by atoms with Gasteiger partial charge >= 0.3 is 0 Å². The second-order valence-corrected chi connectivity index (χ2v) is 6.31. The summed E-state index contributed by atoms with van der Waals surface area (Å²) in [6.45, 7) is 0.254. The molecule has 0 bridgehead atoms. The van der Waals surface area contributed by atoms with E-state index in [1.54, 1.807) is 18.2 Å². The molecule has 1 fully saturated rings. The van der Waals surface area contributed by atoms with Crippen molar-refractivity contribution in [2.75, 3.05) is 16.8 Å². The molecule has 3 rings (SSSR count). The number of amides is 2. The molecule has 2 aromatic carbocycles. The molecule has 1 unspecified atom stereocenters. The first-order chi connectivity index (χ1) is 11.4. The maximum absolute atomic E-state index is 12.9. The number of anilines is 2. The minimum absolute atomic E-state index is 0.104. The zero-order chi connectivity index (χ0) is 17.3. The van der Waals surface area contributed by atoms with Gasteiger partial charge in [-0.05, 0) is 42.5 Å². The van der Waals surface area contributed by atoms with Gasteiger partial charge in [0, 0.05) is 24.3 Å². The summed E-state index contributed by atoms with van der Waals surface area (Å²) in [6, 6.07) is 10.4. The van der Waals surface area contributed by atoms with Gasteiger partial charge in [-0.3, -0.25) is 9.59 Å². The Hall–Kier alpha value is -2.11. The highest BCUT2D eigenvalue weighted by Crippen LogP contribution is 2.31. The lowest BCUT2D eigenvalue weighted by Crippen LogP contribution is -2.28. The molecule has 1 heterocycles. The highest BCUT2D eigenvalue weighted by Gasteiger charge is 2.35. The van der Waals surface area contributed by atoms with Gasteiger partial charge in [-0.1, -0.05) is 23.2 Å². The minimum Gasteiger partial charge on any atom is -0.326 e. The summed E-state index contributed by atoms with van der Waals surface area (Å²) in [5.74, 6) is -1.31. The van der Waals surface area contributed by atoms with E-state index in [0.29, 0.717) is 21.4 Å². The van der Waals surface area contributed by atoms with Gasteiger partial charge in [-0.15, -0.1) is 0 Å². The number of nitrogens with zero attached hydrogens (tertiary/aromatic N) is 1. The average Bonchev–Trinajstić information content (AvgIpc) is 2.94. The largest absolute Gasteiger partial charge is 0.326 e. The van der Waals surface area contributed by atoms with Gasteiger partial charge in [0.2, 0.25) is 11.8 Å². The normalized spacial score (nSPS) is 17.2. The van der Waals surface area contributed by atoms with Crippen LogP contribution < -0.4 is 10.2 Å². The third-order valence-corrected chi connectivity index (χ3v) is 4.56. The summed E-state index contributed by atoms with van der Waals surface area (Å²) < 4.78 is 12.9. The smallest absolute Gasteiger partial charge is 0.229 e. The van der Waals surface area contributed by atoms with Crippen molar-refractivity contribution in [3.05, 3.63) is 58.3 Å². The second kappa shape index (κ2) is 6.79. The molecule has 1 N–H and O–H groups in total. The molecule has 0 aromatic heterocycles. The number of halogens is 3. The molecule has 2 aromatic rings. The zero-order valence-electron chi connectivity index (χ0n) is 12.4. The van der Waals surface area contributed by atoms with Crippen LogP contribution in [0.5, 0.6) is 0 Å². The summed E-state index contributed by atoms with van der Waals surface area (Å²) >= 11 is 11.9. The third kappa shape index (κ3) is 3.52. The van der Waals surface area contributed by atoms with Crippen LogP contribution in [0.2, 0.25) is 10.0 Å². The molecule has 7 heteroatoms. The summed E-state index contributed by atoms with van der Waals surface area (Å²) in [6.07, 6.45) is 0.104. The second-order valence-electron chi connectivity index (χ2n) is 5.50. The molecule has 0 aliphatic carbocycles. The summed E-state index contributed by atoms with van der Waals surface area (Å²) in [4.78, 5) is 26.0. The quantitative estimate of drug-likeness (QED) is 0.887. The Labute approximate surface area is 148 Å². The molecular weight excluding hydrogens is 354 g/mol. The van der Waals surface area contributed by atoms with Crippen LogP contribution in [0.3, 0.4) is 0 Å². The standard InChI is InChI=1S/C17H13Cl2FN2O2/c18-14-6-5-13(8-15(14)19)22-9-10(7-16(22)23)17(24)21-12-3-1-11(20)2-4-12/h1-6,8,10H,7,9H2,(H,21,24). The van der Waals surface area contributed by atoms with Crippen LogP contribution in [0, 0.1) is 11.7 Å². The van der Waals surface area contributed by atoms with Crippen molar-refractivity contribution in [2.45, 2.75) is 6.42 Å². The molecule has 1 aliphatic rings. The van der Waals surface area contributed by atoms with Crippen LogP contribution in [0.25, 0.3) is 0 Å². The van der Waals surface area contributed by atoms with Crippen LogP contribution >= 0.6 is 23.2 Å². The predicted octanol–water partition coefficient (Wildman–Crippen LogP) is 4.12. The molecular formula is C17H13Cl2FN2O2. The lowest BCUT2D eigenvalue weighted by atomic mass is 10.1. The number of benzene rings is 2. The van der Waals surface area contributed by atoms with E-state index in [1.807, 2.05) is 0 Å². The van der Waals surface area contributed by atoms with E-state index in [-0.39, 0.29) is 30.6 Å². The predicted molar refractivity (Wildman–Crippen MR) is 92.0 cm³/mol. The lowest BCUT2D eigenvalue weighted by Gasteiger charge is -2.17. The number of nitrogens with one attached hydrogen (secondary N) is 1. The first-order valence-corrected chi connectivity index (χ1v) is 8.01. The molecule has 124 valence electrons. The first-order valence-electron chi connectivity index (χ1n) is 7.26. The molecule has 1 saturated heterocycles. The summed E-state index contributed by atoms with van der Waals surface area (Å²) in [7, 11) is 0. The Morgan fingerprint density at radius 2 is 1.83 bits per heavy atom. The van der Waals surface area contributed by atoms with Crippen molar-refractivity contribution in [3.63, 3.8) is 0 Å². The number of carbonyl (C=O) groups is 2. The highest BCUT2D eigenvalue weighted by atomic mass is 35.5. The van der Waals surface area contributed by atoms with E-state index >= 15 is 0 Å². The van der Waals surface area contributed by atoms with E-state index in [9.17, 15) is 14.0 Å². The van der Waals surface area contributed by atoms with Gasteiger partial charge in [0.1, 0.15) is 5.82 Å². The minimum atomic E-state index is -0.489. The van der Waals surface area contributed by atoms with E-state index < -0.39 is 5.92 Å². The van der Waals surface area contributed by atoms with Crippen molar-refractivity contribution < 1.29 is 14.0 Å². The van der Waals surface area contributed by atoms with Crippen molar-refractivity contribution in [2.24, 2.45) is 5.92 Å². The van der Waals surface area contributed by atoms with Crippen LogP contribution in [-0.4, -0.2) is 18.4 Å². The van der Waals surface area contributed by atoms with E-state index in [2.05, 4.69) is 5.32 Å². The zero-order valence-corrected chi connectivity index (χ0v) is 13.9. The summed E-state index contributed by atoms with van der Waals surface area (Å²) in [5.41, 5.74) is 1.09. The molecule has 4 nitrogen and oxygen atoms in total. The average molecular weight is 367 g/mol. The molecule has 1 atom stereocenters. The van der Waals surface area contributed by atoms with Crippen molar-refractivity contribution >= 4 is 46.4 Å². The molecule has 0 radical (unpaired) electrons. The monoisotopic (exact) mass is 366 g/mol. The fourth-order valence-electron chi connectivity index (χ4n) is 2.56. The van der Waals surface area contributed by atoms with E-state index in [1.165, 1.54) is 29.2 Å². The Morgan fingerprint density at radius 3 is 2.50 bits per heavy atom.